The number of anilines is 1. The molecule has 18 heavy (non-hydrogen) atoms. The van der Waals surface area contributed by atoms with Crippen LogP contribution in [-0.2, 0) is 11.2 Å². The van der Waals surface area contributed by atoms with E-state index in [1.165, 1.54) is 5.56 Å². The molecule has 1 N–H and O–H groups in total. The molecule has 0 saturated heterocycles. The molecule has 1 rings (SSSR count). The molecule has 0 aliphatic rings. The summed E-state index contributed by atoms with van der Waals surface area (Å²) in [6, 6.07) is 0. The number of ether oxygens (including phenoxy) is 1. The van der Waals surface area contributed by atoms with Gasteiger partial charge in [0.1, 0.15) is 11.9 Å². The molecule has 102 valence electrons. The van der Waals surface area contributed by atoms with Crippen molar-refractivity contribution in [2.75, 3.05) is 19.0 Å². The Balaban J connectivity index is 3.11. The molecule has 0 bridgehead atoms. The summed E-state index contributed by atoms with van der Waals surface area (Å²) in [5, 5.41) is 3.39. The van der Waals surface area contributed by atoms with Crippen LogP contribution in [0.25, 0.3) is 0 Å². The molecule has 4 nitrogen and oxygen atoms in total. The highest BCUT2D eigenvalue weighted by Crippen LogP contribution is 2.23. The van der Waals surface area contributed by atoms with Crippen molar-refractivity contribution in [3.05, 3.63) is 17.1 Å². The summed E-state index contributed by atoms with van der Waals surface area (Å²) in [6.07, 6.45) is 2.90. The zero-order chi connectivity index (χ0) is 13.5. The van der Waals surface area contributed by atoms with Crippen LogP contribution in [0.3, 0.4) is 0 Å². The number of methoxy groups -OCH3 is 1. The summed E-state index contributed by atoms with van der Waals surface area (Å²) in [4.78, 5) is 9.22. The molecular weight excluding hydrogens is 226 g/mol. The van der Waals surface area contributed by atoms with Crippen molar-refractivity contribution < 1.29 is 4.74 Å². The highest BCUT2D eigenvalue weighted by atomic mass is 16.5. The first-order valence-corrected chi connectivity index (χ1v) is 6.81. The lowest BCUT2D eigenvalue weighted by molar-refractivity contribution is 0.0925. The van der Waals surface area contributed by atoms with Gasteiger partial charge in [-0.2, -0.15) is 0 Å². The van der Waals surface area contributed by atoms with Crippen LogP contribution < -0.4 is 5.32 Å². The minimum Gasteiger partial charge on any atom is -0.373 e. The Morgan fingerprint density at radius 1 is 1.22 bits per heavy atom. The number of nitrogens with one attached hydrogen (secondary N) is 1. The van der Waals surface area contributed by atoms with Gasteiger partial charge in [-0.05, 0) is 26.2 Å². The number of aromatic nitrogens is 2. The zero-order valence-electron chi connectivity index (χ0n) is 12.2. The van der Waals surface area contributed by atoms with Gasteiger partial charge < -0.3 is 10.1 Å². The summed E-state index contributed by atoms with van der Waals surface area (Å²) >= 11 is 0. The normalized spacial score (nSPS) is 12.5. The third-order valence-corrected chi connectivity index (χ3v) is 3.07. The van der Waals surface area contributed by atoms with E-state index in [0.29, 0.717) is 0 Å². The van der Waals surface area contributed by atoms with E-state index in [1.807, 2.05) is 6.92 Å². The summed E-state index contributed by atoms with van der Waals surface area (Å²) in [5.74, 6) is 1.76. The average Bonchev–Trinajstić information content (AvgIpc) is 2.37. The van der Waals surface area contributed by atoms with Crippen LogP contribution in [0.5, 0.6) is 0 Å². The molecule has 1 heterocycles. The maximum Gasteiger partial charge on any atom is 0.159 e. The molecule has 4 heteroatoms. The fraction of sp³-hybridized carbons (Fsp3) is 0.714. The molecule has 0 amide bonds. The second-order valence-corrected chi connectivity index (χ2v) is 4.41. The Morgan fingerprint density at radius 3 is 2.44 bits per heavy atom. The number of aryl methyl sites for hydroxylation is 1. The van der Waals surface area contributed by atoms with Crippen LogP contribution in [0.1, 0.15) is 56.8 Å². The number of rotatable bonds is 7. The van der Waals surface area contributed by atoms with Crippen LogP contribution >= 0.6 is 0 Å². The van der Waals surface area contributed by atoms with Crippen molar-refractivity contribution in [1.82, 2.24) is 9.97 Å². The van der Waals surface area contributed by atoms with Crippen LogP contribution in [0.15, 0.2) is 0 Å². The van der Waals surface area contributed by atoms with E-state index in [2.05, 4.69) is 36.1 Å². The van der Waals surface area contributed by atoms with Crippen molar-refractivity contribution in [2.24, 2.45) is 0 Å². The molecule has 0 spiro atoms. The third kappa shape index (κ3) is 3.42. The molecule has 1 aromatic rings. The van der Waals surface area contributed by atoms with Gasteiger partial charge >= 0.3 is 0 Å². The van der Waals surface area contributed by atoms with Gasteiger partial charge in [-0.3, -0.25) is 0 Å². The minimum atomic E-state index is -0.0169. The van der Waals surface area contributed by atoms with Crippen LogP contribution in [0.4, 0.5) is 5.82 Å². The number of nitrogens with zero attached hydrogens (tertiary/aromatic N) is 2. The molecule has 0 saturated carbocycles. The van der Waals surface area contributed by atoms with Gasteiger partial charge in [0.15, 0.2) is 5.82 Å². The Kier molecular flexibility index (Phi) is 6.05. The van der Waals surface area contributed by atoms with E-state index in [-0.39, 0.29) is 6.10 Å². The van der Waals surface area contributed by atoms with Gasteiger partial charge in [0.2, 0.25) is 0 Å². The van der Waals surface area contributed by atoms with Gasteiger partial charge in [-0.1, -0.05) is 20.8 Å². The lowest BCUT2D eigenvalue weighted by Crippen LogP contribution is -2.13. The highest BCUT2D eigenvalue weighted by Gasteiger charge is 2.16. The standard InChI is InChI=1S/C14H25N3O/c1-6-9-15-13-11(7-2)10(4)16-14(17-13)12(8-3)18-5/h12H,6-9H2,1-5H3,(H,15,16,17). The molecule has 0 aliphatic carbocycles. The summed E-state index contributed by atoms with van der Waals surface area (Å²) in [6.45, 7) is 9.35. The highest BCUT2D eigenvalue weighted by molar-refractivity contribution is 5.46. The van der Waals surface area contributed by atoms with E-state index in [9.17, 15) is 0 Å². The Labute approximate surface area is 110 Å². The van der Waals surface area contributed by atoms with Gasteiger partial charge in [0.05, 0.1) is 0 Å². The van der Waals surface area contributed by atoms with Crippen molar-refractivity contribution in [3.8, 4) is 0 Å². The van der Waals surface area contributed by atoms with E-state index < -0.39 is 0 Å². The molecule has 1 atom stereocenters. The lowest BCUT2D eigenvalue weighted by Gasteiger charge is -2.17. The summed E-state index contributed by atoms with van der Waals surface area (Å²) in [7, 11) is 1.71. The largest absolute Gasteiger partial charge is 0.373 e. The van der Waals surface area contributed by atoms with Crippen molar-refractivity contribution >= 4 is 5.82 Å². The van der Waals surface area contributed by atoms with Gasteiger partial charge in [0.25, 0.3) is 0 Å². The van der Waals surface area contributed by atoms with Crippen LogP contribution in [0.2, 0.25) is 0 Å². The van der Waals surface area contributed by atoms with Crippen molar-refractivity contribution in [1.29, 1.82) is 0 Å². The summed E-state index contributed by atoms with van der Waals surface area (Å²) < 4.78 is 5.42. The Morgan fingerprint density at radius 2 is 1.94 bits per heavy atom. The van der Waals surface area contributed by atoms with Gasteiger partial charge in [0, 0.05) is 24.9 Å². The first kappa shape index (κ1) is 14.9. The Hall–Kier alpha value is -1.16. The first-order chi connectivity index (χ1) is 8.67. The molecule has 0 aromatic carbocycles. The average molecular weight is 251 g/mol. The van der Waals surface area contributed by atoms with E-state index in [4.69, 9.17) is 4.74 Å². The van der Waals surface area contributed by atoms with E-state index >= 15 is 0 Å². The maximum absolute atomic E-state index is 5.42. The van der Waals surface area contributed by atoms with Crippen LogP contribution in [-0.4, -0.2) is 23.6 Å². The minimum absolute atomic E-state index is 0.0169. The second kappa shape index (κ2) is 7.31. The van der Waals surface area contributed by atoms with Crippen molar-refractivity contribution in [3.63, 3.8) is 0 Å². The lowest BCUT2D eigenvalue weighted by atomic mass is 10.1. The zero-order valence-corrected chi connectivity index (χ0v) is 12.2. The van der Waals surface area contributed by atoms with E-state index in [1.54, 1.807) is 7.11 Å². The second-order valence-electron chi connectivity index (χ2n) is 4.41. The monoisotopic (exact) mass is 251 g/mol. The molecular formula is C14H25N3O. The molecule has 1 unspecified atom stereocenters. The number of hydrogen-bond acceptors (Lipinski definition) is 4. The predicted octanol–water partition coefficient (Wildman–Crippen LogP) is 3.27. The van der Waals surface area contributed by atoms with Crippen molar-refractivity contribution in [2.45, 2.75) is 53.1 Å². The number of hydrogen-bond donors (Lipinski definition) is 1. The van der Waals surface area contributed by atoms with Gasteiger partial charge in [-0.15, -0.1) is 0 Å². The molecule has 0 fully saturated rings. The fourth-order valence-electron chi connectivity index (χ4n) is 2.03. The Bertz CT molecular complexity index is 376. The predicted molar refractivity (Wildman–Crippen MR) is 75.0 cm³/mol. The smallest absolute Gasteiger partial charge is 0.159 e. The third-order valence-electron chi connectivity index (χ3n) is 3.07. The maximum atomic E-state index is 5.42. The molecule has 0 aliphatic heterocycles. The van der Waals surface area contributed by atoms with E-state index in [0.717, 1.165) is 43.1 Å². The SMILES string of the molecule is CCCNc1nc(C(CC)OC)nc(C)c1CC. The first-order valence-electron chi connectivity index (χ1n) is 6.81. The summed E-state index contributed by atoms with van der Waals surface area (Å²) in [5.41, 5.74) is 2.26. The molecule has 1 aromatic heterocycles. The van der Waals surface area contributed by atoms with Crippen LogP contribution in [0, 0.1) is 6.92 Å². The quantitative estimate of drug-likeness (QED) is 0.808. The van der Waals surface area contributed by atoms with Gasteiger partial charge in [-0.25, -0.2) is 9.97 Å². The fourth-order valence-corrected chi connectivity index (χ4v) is 2.03. The molecule has 0 radical (unpaired) electrons. The topological polar surface area (TPSA) is 47.0 Å².